The third-order valence-electron chi connectivity index (χ3n) is 6.44. The lowest BCUT2D eigenvalue weighted by Crippen LogP contribution is -2.45. The molecule has 2 heterocycles. The zero-order chi connectivity index (χ0) is 21.2. The Hall–Kier alpha value is -3.08. The summed E-state index contributed by atoms with van der Waals surface area (Å²) in [5.74, 6) is 2.77. The van der Waals surface area contributed by atoms with Gasteiger partial charge in [-0.05, 0) is 60.1 Å². The molecule has 1 aromatic heterocycles. The molecule has 0 spiro atoms. The van der Waals surface area contributed by atoms with Gasteiger partial charge in [0.05, 0.1) is 12.8 Å². The van der Waals surface area contributed by atoms with E-state index in [1.165, 1.54) is 42.2 Å². The van der Waals surface area contributed by atoms with Crippen LogP contribution in [0, 0.1) is 5.92 Å². The van der Waals surface area contributed by atoms with Crippen LogP contribution in [0.2, 0.25) is 0 Å². The third-order valence-corrected chi connectivity index (χ3v) is 6.44. The number of ether oxygens (including phenoxy) is 1. The van der Waals surface area contributed by atoms with Gasteiger partial charge in [0.1, 0.15) is 5.75 Å². The Labute approximate surface area is 183 Å². The number of oxazole rings is 1. The van der Waals surface area contributed by atoms with Gasteiger partial charge >= 0.3 is 0 Å². The van der Waals surface area contributed by atoms with Gasteiger partial charge in [-0.3, -0.25) is 4.79 Å². The molecule has 0 radical (unpaired) electrons. The molecule has 3 aromatic rings. The van der Waals surface area contributed by atoms with E-state index in [1.54, 1.807) is 0 Å². The average Bonchev–Trinajstić information content (AvgIpc) is 3.42. The average molecular weight is 417 g/mol. The lowest BCUT2D eigenvalue weighted by molar-refractivity contribution is 0.0948. The normalized spacial score (nSPS) is 17.3. The highest BCUT2D eigenvalue weighted by atomic mass is 16.5. The topological polar surface area (TPSA) is 55.6 Å². The number of hydrogen-bond acceptors (Lipinski definition) is 5. The molecule has 160 valence electrons. The smallest absolute Gasteiger partial charge is 0.200 e. The van der Waals surface area contributed by atoms with Crippen molar-refractivity contribution in [2.75, 3.05) is 24.6 Å². The van der Waals surface area contributed by atoms with Crippen molar-refractivity contribution in [2.45, 2.75) is 38.0 Å². The minimum absolute atomic E-state index is 0.00679. The summed E-state index contributed by atoms with van der Waals surface area (Å²) >= 11 is 0. The molecular formula is C26H28N2O3. The maximum atomic E-state index is 12.2. The van der Waals surface area contributed by atoms with E-state index in [2.05, 4.69) is 65.3 Å². The van der Waals surface area contributed by atoms with Crippen LogP contribution in [0.3, 0.4) is 0 Å². The number of carbonyl (C=O) groups excluding carboxylic acids is 1. The Kier molecular flexibility index (Phi) is 5.49. The summed E-state index contributed by atoms with van der Waals surface area (Å²) in [6, 6.07) is 17.2. The molecule has 0 amide bonds. The van der Waals surface area contributed by atoms with E-state index >= 15 is 0 Å². The minimum Gasteiger partial charge on any atom is -0.493 e. The molecular weight excluding hydrogens is 388 g/mol. The first kappa shape index (κ1) is 19.9. The van der Waals surface area contributed by atoms with Gasteiger partial charge in [0.25, 0.3) is 0 Å². The largest absolute Gasteiger partial charge is 0.493 e. The Bertz CT molecular complexity index is 1000. The first-order valence-electron chi connectivity index (χ1n) is 11.1. The highest BCUT2D eigenvalue weighted by Gasteiger charge is 2.28. The zero-order valence-electron chi connectivity index (χ0n) is 17.9. The fourth-order valence-electron chi connectivity index (χ4n) is 4.10. The highest BCUT2D eigenvalue weighted by molar-refractivity contribution is 5.93. The van der Waals surface area contributed by atoms with Crippen molar-refractivity contribution in [2.24, 2.45) is 5.92 Å². The molecule has 5 heteroatoms. The molecule has 5 nitrogen and oxygen atoms in total. The van der Waals surface area contributed by atoms with Crippen molar-refractivity contribution in [3.05, 3.63) is 78.0 Å². The van der Waals surface area contributed by atoms with E-state index in [4.69, 9.17) is 9.15 Å². The fourth-order valence-corrected chi connectivity index (χ4v) is 4.10. The van der Waals surface area contributed by atoms with Crippen LogP contribution < -0.4 is 9.64 Å². The maximum absolute atomic E-state index is 12.2. The van der Waals surface area contributed by atoms with Gasteiger partial charge in [0.15, 0.2) is 17.9 Å². The molecule has 0 N–H and O–H groups in total. The zero-order valence-corrected chi connectivity index (χ0v) is 17.9. The number of ketones is 1. The van der Waals surface area contributed by atoms with E-state index in [1.807, 2.05) is 0 Å². The molecule has 1 saturated heterocycles. The van der Waals surface area contributed by atoms with Gasteiger partial charge < -0.3 is 14.1 Å². The number of anilines is 1. The Morgan fingerprint density at radius 2 is 1.87 bits per heavy atom. The van der Waals surface area contributed by atoms with Crippen LogP contribution in [-0.2, 0) is 0 Å². The molecule has 1 atom stereocenters. The number of hydrogen-bond donors (Lipinski definition) is 0. The van der Waals surface area contributed by atoms with Crippen LogP contribution >= 0.6 is 0 Å². The van der Waals surface area contributed by atoms with Crippen LogP contribution in [0.5, 0.6) is 5.75 Å². The number of nitrogens with zero attached hydrogens (tertiary/aromatic N) is 2. The van der Waals surface area contributed by atoms with E-state index in [-0.39, 0.29) is 11.7 Å². The van der Waals surface area contributed by atoms with Crippen molar-refractivity contribution in [3.63, 3.8) is 0 Å². The van der Waals surface area contributed by atoms with Gasteiger partial charge in [-0.15, -0.1) is 0 Å². The lowest BCUT2D eigenvalue weighted by atomic mass is 9.88. The summed E-state index contributed by atoms with van der Waals surface area (Å²) in [6.07, 6.45) is 5.83. The van der Waals surface area contributed by atoms with Gasteiger partial charge in [-0.25, -0.2) is 4.98 Å². The molecule has 1 saturated carbocycles. The van der Waals surface area contributed by atoms with Crippen molar-refractivity contribution in [1.29, 1.82) is 0 Å². The number of benzene rings is 2. The molecule has 2 aliphatic rings. The fraction of sp³-hybridized carbons (Fsp3) is 0.385. The second kappa shape index (κ2) is 8.58. The van der Waals surface area contributed by atoms with Crippen molar-refractivity contribution in [3.8, 4) is 5.75 Å². The maximum Gasteiger partial charge on any atom is 0.200 e. The molecule has 1 aliphatic carbocycles. The summed E-state index contributed by atoms with van der Waals surface area (Å²) in [6.45, 7) is 4.99. The Morgan fingerprint density at radius 1 is 1.13 bits per heavy atom. The summed E-state index contributed by atoms with van der Waals surface area (Å²) < 4.78 is 10.9. The first-order chi connectivity index (χ1) is 15.2. The second-order valence-corrected chi connectivity index (χ2v) is 8.91. The first-order valence-corrected chi connectivity index (χ1v) is 11.1. The summed E-state index contributed by atoms with van der Waals surface area (Å²) in [4.78, 5) is 18.5. The van der Waals surface area contributed by atoms with Crippen molar-refractivity contribution in [1.82, 2.24) is 4.98 Å². The molecule has 5 rings (SSSR count). The lowest BCUT2D eigenvalue weighted by Gasteiger charge is -2.41. The van der Waals surface area contributed by atoms with Crippen LogP contribution in [-0.4, -0.2) is 30.5 Å². The van der Waals surface area contributed by atoms with E-state index in [0.717, 1.165) is 31.4 Å². The quantitative estimate of drug-likeness (QED) is 0.435. The number of Topliss-reactive ketones (excluding diaryl/α,β-unsaturated/α-hetero) is 1. The Morgan fingerprint density at radius 3 is 2.52 bits per heavy atom. The van der Waals surface area contributed by atoms with Crippen LogP contribution in [0.25, 0.3) is 0 Å². The van der Waals surface area contributed by atoms with E-state index in [9.17, 15) is 4.79 Å². The van der Waals surface area contributed by atoms with Crippen molar-refractivity contribution >= 4 is 11.5 Å². The molecule has 0 bridgehead atoms. The number of carbonyl (C=O) groups is 1. The molecule has 1 aliphatic heterocycles. The third kappa shape index (κ3) is 4.66. The van der Waals surface area contributed by atoms with Gasteiger partial charge in [-0.1, -0.05) is 31.2 Å². The number of rotatable bonds is 9. The SMILES string of the molecule is C[C@H](CC(=O)c1cnco1)c1ccc(C2CN(c3ccc(OCC4CC4)cc3)C2)cc1. The van der Waals surface area contributed by atoms with Crippen LogP contribution in [0.15, 0.2) is 65.5 Å². The summed E-state index contributed by atoms with van der Waals surface area (Å²) in [7, 11) is 0. The predicted molar refractivity (Wildman–Crippen MR) is 120 cm³/mol. The summed E-state index contributed by atoms with van der Waals surface area (Å²) in [5.41, 5.74) is 3.79. The highest BCUT2D eigenvalue weighted by Crippen LogP contribution is 2.34. The molecule has 31 heavy (non-hydrogen) atoms. The van der Waals surface area contributed by atoms with Gasteiger partial charge in [0, 0.05) is 31.1 Å². The number of aromatic nitrogens is 1. The van der Waals surface area contributed by atoms with E-state index in [0.29, 0.717) is 18.1 Å². The minimum atomic E-state index is -0.00679. The monoisotopic (exact) mass is 416 g/mol. The molecule has 0 unspecified atom stereocenters. The van der Waals surface area contributed by atoms with Crippen molar-refractivity contribution < 1.29 is 13.9 Å². The standard InChI is InChI=1S/C26H28N2O3/c1-18(12-25(29)26-13-27-17-31-26)20-4-6-21(7-5-20)22-14-28(15-22)23-8-10-24(11-9-23)30-16-19-2-3-19/h4-11,13,17-19,22H,2-3,12,14-16H2,1H3/t18-/m1/s1. The van der Waals surface area contributed by atoms with Crippen LogP contribution in [0.4, 0.5) is 5.69 Å². The molecule has 2 fully saturated rings. The predicted octanol–water partition coefficient (Wildman–Crippen LogP) is 5.44. The van der Waals surface area contributed by atoms with E-state index < -0.39 is 0 Å². The molecule has 2 aromatic carbocycles. The summed E-state index contributed by atoms with van der Waals surface area (Å²) in [5, 5.41) is 0. The Balaban J connectivity index is 1.12. The van der Waals surface area contributed by atoms with Crippen LogP contribution in [0.1, 0.15) is 59.7 Å². The van der Waals surface area contributed by atoms with Gasteiger partial charge in [-0.2, -0.15) is 0 Å². The second-order valence-electron chi connectivity index (χ2n) is 8.91. The van der Waals surface area contributed by atoms with Gasteiger partial charge in [0.2, 0.25) is 0 Å².